The highest BCUT2D eigenvalue weighted by molar-refractivity contribution is 6.38. The summed E-state index contributed by atoms with van der Waals surface area (Å²) in [7, 11) is 1.55. The van der Waals surface area contributed by atoms with Gasteiger partial charge in [-0.3, -0.25) is 9.36 Å². The van der Waals surface area contributed by atoms with Gasteiger partial charge >= 0.3 is 5.69 Å². The van der Waals surface area contributed by atoms with Crippen LogP contribution in [0.1, 0.15) is 5.56 Å². The van der Waals surface area contributed by atoms with E-state index in [9.17, 15) is 9.59 Å². The monoisotopic (exact) mass is 426 g/mol. The van der Waals surface area contributed by atoms with Gasteiger partial charge in [0.1, 0.15) is 5.75 Å². The number of ether oxygens (including phenoxy) is 1. The fraction of sp³-hybridized carbons (Fsp3) is 0.0909. The molecule has 7 heteroatoms. The lowest BCUT2D eigenvalue weighted by Crippen LogP contribution is -2.39. The normalized spacial score (nSPS) is 11.0. The smallest absolute Gasteiger partial charge is 0.336 e. The Balaban J connectivity index is 2.06. The van der Waals surface area contributed by atoms with Crippen molar-refractivity contribution in [2.45, 2.75) is 6.54 Å². The van der Waals surface area contributed by atoms with Gasteiger partial charge in [0.25, 0.3) is 5.56 Å². The number of aromatic nitrogens is 2. The first-order valence-corrected chi connectivity index (χ1v) is 9.58. The minimum absolute atomic E-state index is 0.196. The summed E-state index contributed by atoms with van der Waals surface area (Å²) in [5, 5.41) is 0.786. The summed E-state index contributed by atoms with van der Waals surface area (Å²) in [6.07, 6.45) is 0. The molecule has 3 aromatic carbocycles. The molecular weight excluding hydrogens is 411 g/mol. The highest BCUT2D eigenvalue weighted by Gasteiger charge is 2.18. The first kappa shape index (κ1) is 19.3. The third-order valence-corrected chi connectivity index (χ3v) is 5.19. The maximum absolute atomic E-state index is 13.4. The number of hydrogen-bond donors (Lipinski definition) is 0. The standard InChI is InChI=1S/C22H16Cl2N2O3/c1-29-17-9-7-16(8-10-17)26-21(27)20-18(24)11-15(23)12-19(20)25(22(26)28)13-14-5-3-2-4-6-14/h2-12H,13H2,1H3. The molecule has 1 heterocycles. The molecule has 0 radical (unpaired) electrons. The molecule has 29 heavy (non-hydrogen) atoms. The Labute approximate surface area is 176 Å². The van der Waals surface area contributed by atoms with Crippen molar-refractivity contribution in [3.8, 4) is 11.4 Å². The van der Waals surface area contributed by atoms with Crippen LogP contribution in [0.15, 0.2) is 76.3 Å². The lowest BCUT2D eigenvalue weighted by Gasteiger charge is -2.15. The highest BCUT2D eigenvalue weighted by Crippen LogP contribution is 2.26. The van der Waals surface area contributed by atoms with E-state index in [1.165, 1.54) is 10.6 Å². The van der Waals surface area contributed by atoms with Crippen LogP contribution in [0.5, 0.6) is 5.75 Å². The van der Waals surface area contributed by atoms with Gasteiger partial charge in [0.15, 0.2) is 0 Å². The first-order chi connectivity index (χ1) is 14.0. The zero-order chi connectivity index (χ0) is 20.5. The molecule has 0 N–H and O–H groups in total. The number of rotatable bonds is 4. The first-order valence-electron chi connectivity index (χ1n) is 8.82. The Bertz CT molecular complexity index is 1310. The number of fused-ring (bicyclic) bond motifs is 1. The molecule has 0 aliphatic carbocycles. The topological polar surface area (TPSA) is 53.2 Å². The number of halogens is 2. The molecule has 0 amide bonds. The van der Waals surface area contributed by atoms with Crippen LogP contribution in [0.3, 0.4) is 0 Å². The van der Waals surface area contributed by atoms with Crippen LogP contribution in [0, 0.1) is 0 Å². The Kier molecular flexibility index (Phi) is 5.18. The molecule has 0 aliphatic heterocycles. The van der Waals surface area contributed by atoms with Crippen molar-refractivity contribution in [1.29, 1.82) is 0 Å². The molecule has 0 unspecified atom stereocenters. The van der Waals surface area contributed by atoms with Crippen molar-refractivity contribution in [2.24, 2.45) is 0 Å². The molecule has 0 aliphatic rings. The second-order valence-corrected chi connectivity index (χ2v) is 7.32. The van der Waals surface area contributed by atoms with E-state index in [-0.39, 0.29) is 17.0 Å². The van der Waals surface area contributed by atoms with E-state index >= 15 is 0 Å². The maximum Gasteiger partial charge on any atom is 0.336 e. The van der Waals surface area contributed by atoms with E-state index in [2.05, 4.69) is 0 Å². The predicted octanol–water partition coefficient (Wildman–Crippen LogP) is 4.52. The number of nitrogens with zero attached hydrogens (tertiary/aromatic N) is 2. The third kappa shape index (κ3) is 3.55. The van der Waals surface area contributed by atoms with Gasteiger partial charge in [0, 0.05) is 5.02 Å². The Morgan fingerprint density at radius 3 is 2.28 bits per heavy atom. The van der Waals surface area contributed by atoms with Crippen molar-refractivity contribution in [2.75, 3.05) is 7.11 Å². The predicted molar refractivity (Wildman–Crippen MR) is 116 cm³/mol. The van der Waals surface area contributed by atoms with Gasteiger partial charge in [-0.2, -0.15) is 0 Å². The summed E-state index contributed by atoms with van der Waals surface area (Å²) < 4.78 is 7.79. The second kappa shape index (κ2) is 7.78. The minimum Gasteiger partial charge on any atom is -0.497 e. The van der Waals surface area contributed by atoms with Gasteiger partial charge in [0.2, 0.25) is 0 Å². The van der Waals surface area contributed by atoms with E-state index < -0.39 is 11.2 Å². The van der Waals surface area contributed by atoms with Crippen LogP contribution in [-0.4, -0.2) is 16.2 Å². The highest BCUT2D eigenvalue weighted by atomic mass is 35.5. The molecule has 0 fully saturated rings. The molecule has 0 atom stereocenters. The second-order valence-electron chi connectivity index (χ2n) is 6.47. The van der Waals surface area contributed by atoms with Crippen molar-refractivity contribution < 1.29 is 4.74 Å². The molecule has 4 rings (SSSR count). The van der Waals surface area contributed by atoms with Gasteiger partial charge in [-0.05, 0) is 42.0 Å². The molecule has 146 valence electrons. The maximum atomic E-state index is 13.4. The largest absolute Gasteiger partial charge is 0.497 e. The van der Waals surface area contributed by atoms with Gasteiger partial charge < -0.3 is 4.74 Å². The van der Waals surface area contributed by atoms with Crippen molar-refractivity contribution in [3.63, 3.8) is 0 Å². The number of hydrogen-bond acceptors (Lipinski definition) is 3. The summed E-state index contributed by atoms with van der Waals surface area (Å²) in [6, 6.07) is 19.3. The van der Waals surface area contributed by atoms with Gasteiger partial charge in [0.05, 0.1) is 35.3 Å². The van der Waals surface area contributed by atoms with E-state index in [4.69, 9.17) is 27.9 Å². The van der Waals surface area contributed by atoms with Gasteiger partial charge in [-0.25, -0.2) is 9.36 Å². The summed E-state index contributed by atoms with van der Waals surface area (Å²) in [6.45, 7) is 0.267. The minimum atomic E-state index is -0.499. The van der Waals surface area contributed by atoms with Crippen LogP contribution in [-0.2, 0) is 6.54 Å². The zero-order valence-electron chi connectivity index (χ0n) is 15.4. The van der Waals surface area contributed by atoms with E-state index in [1.54, 1.807) is 37.4 Å². The van der Waals surface area contributed by atoms with Gasteiger partial charge in [-0.1, -0.05) is 53.5 Å². The molecule has 0 saturated carbocycles. The molecule has 0 bridgehead atoms. The Hall–Kier alpha value is -3.02. The van der Waals surface area contributed by atoms with Crippen LogP contribution >= 0.6 is 23.2 Å². The molecule has 1 aromatic heterocycles. The molecule has 0 spiro atoms. The van der Waals surface area contributed by atoms with Crippen LogP contribution < -0.4 is 16.0 Å². The summed E-state index contributed by atoms with van der Waals surface area (Å²) in [5.41, 5.74) is 0.754. The lowest BCUT2D eigenvalue weighted by molar-refractivity contribution is 0.414. The van der Waals surface area contributed by atoms with Crippen molar-refractivity contribution in [1.82, 2.24) is 9.13 Å². The van der Waals surface area contributed by atoms with Crippen molar-refractivity contribution in [3.05, 3.63) is 103 Å². The van der Waals surface area contributed by atoms with E-state index in [0.717, 1.165) is 10.1 Å². The zero-order valence-corrected chi connectivity index (χ0v) is 16.9. The fourth-order valence-corrected chi connectivity index (χ4v) is 3.85. The van der Waals surface area contributed by atoms with Gasteiger partial charge in [-0.15, -0.1) is 0 Å². The summed E-state index contributed by atoms with van der Waals surface area (Å²) >= 11 is 12.5. The average molecular weight is 427 g/mol. The Morgan fingerprint density at radius 2 is 1.62 bits per heavy atom. The molecular formula is C22H16Cl2N2O3. The van der Waals surface area contributed by atoms with E-state index in [0.29, 0.717) is 22.0 Å². The van der Waals surface area contributed by atoms with E-state index in [1.807, 2.05) is 30.3 Å². The third-order valence-electron chi connectivity index (χ3n) is 4.68. The van der Waals surface area contributed by atoms with Crippen LogP contribution in [0.25, 0.3) is 16.6 Å². The average Bonchev–Trinajstić information content (AvgIpc) is 2.72. The Morgan fingerprint density at radius 1 is 0.931 bits per heavy atom. The van der Waals surface area contributed by atoms with Crippen LogP contribution in [0.2, 0.25) is 10.0 Å². The summed E-state index contributed by atoms with van der Waals surface area (Å²) in [4.78, 5) is 26.6. The lowest BCUT2D eigenvalue weighted by atomic mass is 10.2. The quantitative estimate of drug-likeness (QED) is 0.482. The number of benzene rings is 3. The SMILES string of the molecule is COc1ccc(-n2c(=O)c3c(Cl)cc(Cl)cc3n(Cc3ccccc3)c2=O)cc1. The van der Waals surface area contributed by atoms with Crippen LogP contribution in [0.4, 0.5) is 0 Å². The molecule has 4 aromatic rings. The summed E-state index contributed by atoms with van der Waals surface area (Å²) in [5.74, 6) is 0.622. The molecule has 0 saturated heterocycles. The fourth-order valence-electron chi connectivity index (χ4n) is 3.28. The van der Waals surface area contributed by atoms with Crippen molar-refractivity contribution >= 4 is 34.1 Å². The number of methoxy groups -OCH3 is 1. The molecule has 5 nitrogen and oxygen atoms in total.